The molecule has 0 bridgehead atoms. The van der Waals surface area contributed by atoms with E-state index in [0.717, 1.165) is 16.7 Å². The molecule has 1 aliphatic heterocycles. The average molecular weight is 299 g/mol. The van der Waals surface area contributed by atoms with E-state index >= 15 is 0 Å². The number of carboxylic acid groups (broad SMARTS) is 1. The minimum Gasteiger partial charge on any atom is -0.480 e. The first-order chi connectivity index (χ1) is 9.04. The third kappa shape index (κ3) is 2.70. The fourth-order valence-corrected chi connectivity index (χ4v) is 2.86. The molecule has 1 saturated heterocycles. The molecule has 8 heteroatoms. The minimum atomic E-state index is -1.37. The molecule has 2 heterocycles. The zero-order valence-corrected chi connectivity index (χ0v) is 11.1. The number of carboxylic acids is 1. The molecule has 0 aromatic carbocycles. The van der Waals surface area contributed by atoms with E-state index in [0.29, 0.717) is 5.76 Å². The molecule has 6 nitrogen and oxygen atoms in total. The molecule has 1 aliphatic rings. The fraction of sp³-hybridized carbons (Fsp3) is 0.182. The number of carbonyl (C=O) groups is 2. The molecule has 19 heavy (non-hydrogen) atoms. The summed E-state index contributed by atoms with van der Waals surface area (Å²) in [5.74, 6) is -1.39. The number of hydrogen-bond acceptors (Lipinski definition) is 6. The van der Waals surface area contributed by atoms with Gasteiger partial charge in [0.1, 0.15) is 10.1 Å². The lowest BCUT2D eigenvalue weighted by Gasteiger charge is -2.20. The first-order valence-corrected chi connectivity index (χ1v) is 6.41. The Labute approximate surface area is 117 Å². The van der Waals surface area contributed by atoms with Crippen molar-refractivity contribution in [1.29, 1.82) is 0 Å². The van der Waals surface area contributed by atoms with Crippen molar-refractivity contribution in [1.82, 2.24) is 4.90 Å². The number of nitrogens with zero attached hydrogens (tertiary/aromatic N) is 1. The quantitative estimate of drug-likeness (QED) is 0.631. The predicted octanol–water partition coefficient (Wildman–Crippen LogP) is 0.926. The van der Waals surface area contributed by atoms with Crippen molar-refractivity contribution in [2.75, 3.05) is 6.61 Å². The Kier molecular flexibility index (Phi) is 4.03. The second-order valence-corrected chi connectivity index (χ2v) is 5.28. The molecule has 100 valence electrons. The lowest BCUT2D eigenvalue weighted by atomic mass is 10.2. The zero-order chi connectivity index (χ0) is 14.0. The van der Waals surface area contributed by atoms with Gasteiger partial charge < -0.3 is 14.6 Å². The highest BCUT2D eigenvalue weighted by Crippen LogP contribution is 2.33. The van der Waals surface area contributed by atoms with Gasteiger partial charge in [-0.3, -0.25) is 9.69 Å². The molecule has 1 aromatic heterocycles. The number of aliphatic hydroxyl groups excluding tert-OH is 1. The van der Waals surface area contributed by atoms with Gasteiger partial charge in [-0.1, -0.05) is 24.0 Å². The van der Waals surface area contributed by atoms with Gasteiger partial charge in [0.2, 0.25) is 0 Å². The average Bonchev–Trinajstić information content (AvgIpc) is 2.94. The Morgan fingerprint density at radius 3 is 2.89 bits per heavy atom. The number of furan rings is 1. The maximum Gasteiger partial charge on any atom is 0.329 e. The molecule has 1 aromatic rings. The van der Waals surface area contributed by atoms with Gasteiger partial charge in [-0.05, 0) is 12.1 Å². The molecule has 1 fully saturated rings. The largest absolute Gasteiger partial charge is 0.480 e. The summed E-state index contributed by atoms with van der Waals surface area (Å²) in [5, 5.41) is 18.0. The van der Waals surface area contributed by atoms with Gasteiger partial charge in [-0.2, -0.15) is 0 Å². The lowest BCUT2D eigenvalue weighted by Crippen LogP contribution is -2.46. The van der Waals surface area contributed by atoms with E-state index in [2.05, 4.69) is 0 Å². The molecule has 0 aliphatic carbocycles. The van der Waals surface area contributed by atoms with Crippen LogP contribution >= 0.6 is 24.0 Å². The highest BCUT2D eigenvalue weighted by atomic mass is 32.2. The van der Waals surface area contributed by atoms with Crippen molar-refractivity contribution in [2.45, 2.75) is 6.04 Å². The summed E-state index contributed by atoms with van der Waals surface area (Å²) in [6, 6.07) is 1.96. The van der Waals surface area contributed by atoms with Crippen LogP contribution in [0.25, 0.3) is 6.08 Å². The van der Waals surface area contributed by atoms with Crippen molar-refractivity contribution in [3.05, 3.63) is 29.1 Å². The molecular formula is C11H9NO5S2. The van der Waals surface area contributed by atoms with Crippen LogP contribution in [0.2, 0.25) is 0 Å². The summed E-state index contributed by atoms with van der Waals surface area (Å²) >= 11 is 5.95. The van der Waals surface area contributed by atoms with Crippen LogP contribution in [-0.4, -0.2) is 44.0 Å². The third-order valence-electron chi connectivity index (χ3n) is 2.41. The summed E-state index contributed by atoms with van der Waals surface area (Å²) in [6.45, 7) is -0.699. The highest BCUT2D eigenvalue weighted by molar-refractivity contribution is 8.26. The highest BCUT2D eigenvalue weighted by Gasteiger charge is 2.40. The molecule has 1 atom stereocenters. The fourth-order valence-electron chi connectivity index (χ4n) is 1.52. The van der Waals surface area contributed by atoms with Crippen LogP contribution in [0, 0.1) is 0 Å². The SMILES string of the molecule is O=C(O)C(CO)N1C(=O)/C(=C\c2ccco2)SC1=S. The number of hydrogen-bond donors (Lipinski definition) is 2. The van der Waals surface area contributed by atoms with E-state index < -0.39 is 24.5 Å². The van der Waals surface area contributed by atoms with Gasteiger partial charge in [0.05, 0.1) is 17.8 Å². The standard InChI is InChI=1S/C11H9NO5S2/c13-5-7(10(15)16)12-9(14)8(19-11(12)18)4-6-2-1-3-17-6/h1-4,7,13H,5H2,(H,15,16)/b8-4+. The second-order valence-electron chi connectivity index (χ2n) is 3.60. The van der Waals surface area contributed by atoms with Crippen molar-refractivity contribution in [3.8, 4) is 0 Å². The maximum absolute atomic E-state index is 12.1. The normalized spacial score (nSPS) is 19.2. The second kappa shape index (κ2) is 5.55. The predicted molar refractivity (Wildman–Crippen MR) is 72.2 cm³/mol. The number of aliphatic hydroxyl groups is 1. The third-order valence-corrected chi connectivity index (χ3v) is 3.74. The van der Waals surface area contributed by atoms with E-state index in [4.69, 9.17) is 26.8 Å². The topological polar surface area (TPSA) is 91.0 Å². The van der Waals surface area contributed by atoms with E-state index in [1.165, 1.54) is 12.3 Å². The number of thioether (sulfide) groups is 1. The van der Waals surface area contributed by atoms with Crippen molar-refractivity contribution < 1.29 is 24.2 Å². The van der Waals surface area contributed by atoms with Gasteiger partial charge in [0, 0.05) is 6.08 Å². The molecule has 0 saturated carbocycles. The van der Waals surface area contributed by atoms with Crippen molar-refractivity contribution in [2.24, 2.45) is 0 Å². The minimum absolute atomic E-state index is 0.101. The smallest absolute Gasteiger partial charge is 0.329 e. The van der Waals surface area contributed by atoms with E-state index in [9.17, 15) is 9.59 Å². The Hall–Kier alpha value is -1.64. The van der Waals surface area contributed by atoms with Gasteiger partial charge in [0.25, 0.3) is 5.91 Å². The summed E-state index contributed by atoms with van der Waals surface area (Å²) in [7, 11) is 0. The molecule has 0 spiro atoms. The summed E-state index contributed by atoms with van der Waals surface area (Å²) < 4.78 is 5.18. The van der Waals surface area contributed by atoms with Crippen molar-refractivity contribution in [3.63, 3.8) is 0 Å². The molecule has 2 rings (SSSR count). The van der Waals surface area contributed by atoms with Crippen LogP contribution in [0.5, 0.6) is 0 Å². The molecule has 1 amide bonds. The van der Waals surface area contributed by atoms with Gasteiger partial charge in [-0.25, -0.2) is 4.79 Å². The van der Waals surface area contributed by atoms with Crippen LogP contribution in [0.4, 0.5) is 0 Å². The number of carbonyl (C=O) groups excluding carboxylic acids is 1. The van der Waals surface area contributed by atoms with Gasteiger partial charge in [-0.15, -0.1) is 0 Å². The van der Waals surface area contributed by atoms with Crippen LogP contribution in [-0.2, 0) is 9.59 Å². The Morgan fingerprint density at radius 1 is 1.63 bits per heavy atom. The van der Waals surface area contributed by atoms with Crippen LogP contribution < -0.4 is 0 Å². The van der Waals surface area contributed by atoms with E-state index in [1.807, 2.05) is 0 Å². The number of aliphatic carboxylic acids is 1. The molecule has 2 N–H and O–H groups in total. The van der Waals surface area contributed by atoms with Gasteiger partial charge in [0.15, 0.2) is 6.04 Å². The lowest BCUT2D eigenvalue weighted by molar-refractivity contribution is -0.146. The number of rotatable bonds is 4. The molecular weight excluding hydrogens is 290 g/mol. The van der Waals surface area contributed by atoms with Crippen molar-refractivity contribution >= 4 is 46.3 Å². The molecule has 0 radical (unpaired) electrons. The maximum atomic E-state index is 12.1. The summed E-state index contributed by atoms with van der Waals surface area (Å²) in [4.78, 5) is 24.2. The number of thiocarbonyl (C=S) groups is 1. The Balaban J connectivity index is 2.28. The van der Waals surface area contributed by atoms with E-state index in [1.54, 1.807) is 12.1 Å². The number of amides is 1. The monoisotopic (exact) mass is 299 g/mol. The van der Waals surface area contributed by atoms with E-state index in [-0.39, 0.29) is 9.23 Å². The first kappa shape index (κ1) is 13.8. The van der Waals surface area contributed by atoms with Gasteiger partial charge >= 0.3 is 5.97 Å². The Morgan fingerprint density at radius 2 is 2.37 bits per heavy atom. The summed E-state index contributed by atoms with van der Waals surface area (Å²) in [5.41, 5.74) is 0. The summed E-state index contributed by atoms with van der Waals surface area (Å²) in [6.07, 6.45) is 2.94. The zero-order valence-electron chi connectivity index (χ0n) is 9.48. The Bertz CT molecular complexity index is 551. The van der Waals surface area contributed by atoms with Crippen LogP contribution in [0.1, 0.15) is 5.76 Å². The first-order valence-electron chi connectivity index (χ1n) is 5.19. The van der Waals surface area contributed by atoms with Crippen LogP contribution in [0.3, 0.4) is 0 Å². The molecule has 1 unspecified atom stereocenters. The van der Waals surface area contributed by atoms with Crippen LogP contribution in [0.15, 0.2) is 27.7 Å².